The monoisotopic (exact) mass is 545 g/mol. The molecule has 2 aliphatic rings. The molecular formula is C31H35N3O6. The first-order valence-corrected chi connectivity index (χ1v) is 13.5. The molecule has 0 aromatic heterocycles. The maximum Gasteiger partial charge on any atom is 0.321 e. The molecular weight excluding hydrogens is 510 g/mol. The zero-order chi connectivity index (χ0) is 28.2. The topological polar surface area (TPSA) is 101 Å². The molecule has 9 heteroatoms. The highest BCUT2D eigenvalue weighted by Gasteiger charge is 2.31. The number of carbonyl (C=O) groups excluding carboxylic acids is 2. The van der Waals surface area contributed by atoms with Crippen LogP contribution in [0.3, 0.4) is 0 Å². The quantitative estimate of drug-likeness (QED) is 0.486. The van der Waals surface area contributed by atoms with Crippen molar-refractivity contribution in [1.82, 2.24) is 9.80 Å². The number of nitrogens with zero attached hydrogens (tertiary/aromatic N) is 2. The number of amides is 3. The predicted molar refractivity (Wildman–Crippen MR) is 151 cm³/mol. The zero-order valence-corrected chi connectivity index (χ0v) is 23.0. The summed E-state index contributed by atoms with van der Waals surface area (Å²) in [4.78, 5) is 30.3. The first-order valence-electron chi connectivity index (χ1n) is 13.5. The lowest BCUT2D eigenvalue weighted by Crippen LogP contribution is -2.48. The molecule has 3 aromatic carbocycles. The summed E-state index contributed by atoms with van der Waals surface area (Å²) in [7, 11) is 1.71. The van der Waals surface area contributed by atoms with Crippen LogP contribution in [0.4, 0.5) is 10.5 Å². The molecule has 0 fully saturated rings. The smallest absolute Gasteiger partial charge is 0.321 e. The predicted octanol–water partition coefficient (Wildman–Crippen LogP) is 4.60. The Bertz CT molecular complexity index is 1380. The van der Waals surface area contributed by atoms with E-state index in [9.17, 15) is 14.7 Å². The van der Waals surface area contributed by atoms with Gasteiger partial charge in [0.2, 0.25) is 6.79 Å². The van der Waals surface area contributed by atoms with Gasteiger partial charge in [0.15, 0.2) is 11.5 Å². The fourth-order valence-electron chi connectivity index (χ4n) is 5.10. The standard InChI is InChI=1S/C31H35N3O6/c1-20-15-34(21(2)17-35)30(36)26-11-7-6-10-25(26)24-9-5-4-8-22(24)18-38-29(20)16-33(3)31(37)32-23-12-13-27-28(14-23)40-19-39-27/h4-14,20-21,29,35H,15-19H2,1-3H3,(H,32,37)/t20-,21-,29-/m0/s1. The fraction of sp³-hybridized carbons (Fsp3) is 0.355. The summed E-state index contributed by atoms with van der Waals surface area (Å²) in [5.74, 6) is 0.942. The van der Waals surface area contributed by atoms with Gasteiger partial charge in [-0.15, -0.1) is 0 Å². The van der Waals surface area contributed by atoms with E-state index in [1.165, 1.54) is 0 Å². The number of nitrogens with one attached hydrogen (secondary N) is 1. The van der Waals surface area contributed by atoms with E-state index in [1.807, 2.05) is 62.4 Å². The normalized spacial score (nSPS) is 19.2. The highest BCUT2D eigenvalue weighted by atomic mass is 16.7. The van der Waals surface area contributed by atoms with E-state index >= 15 is 0 Å². The number of hydrogen-bond acceptors (Lipinski definition) is 6. The van der Waals surface area contributed by atoms with E-state index in [1.54, 1.807) is 35.0 Å². The van der Waals surface area contributed by atoms with Crippen LogP contribution in [-0.2, 0) is 11.3 Å². The Balaban J connectivity index is 1.41. The van der Waals surface area contributed by atoms with E-state index in [2.05, 4.69) is 5.32 Å². The number of aliphatic hydroxyl groups excluding tert-OH is 1. The lowest BCUT2D eigenvalue weighted by Gasteiger charge is -2.35. The van der Waals surface area contributed by atoms with Gasteiger partial charge < -0.3 is 34.4 Å². The van der Waals surface area contributed by atoms with Gasteiger partial charge in [-0.3, -0.25) is 4.79 Å². The minimum absolute atomic E-state index is 0.142. The zero-order valence-electron chi connectivity index (χ0n) is 23.0. The van der Waals surface area contributed by atoms with Gasteiger partial charge in [-0.05, 0) is 41.8 Å². The van der Waals surface area contributed by atoms with Crippen LogP contribution in [0.5, 0.6) is 11.5 Å². The molecule has 0 unspecified atom stereocenters. The second kappa shape index (κ2) is 12.0. The molecule has 3 amide bonds. The third-order valence-corrected chi connectivity index (χ3v) is 7.52. The second-order valence-corrected chi connectivity index (χ2v) is 10.4. The van der Waals surface area contributed by atoms with Crippen molar-refractivity contribution in [2.45, 2.75) is 32.6 Å². The minimum Gasteiger partial charge on any atom is -0.454 e. The SMILES string of the molecule is C[C@H]1CN([C@@H](C)CO)C(=O)c2ccccc2-c2ccccc2CO[C@H]1CN(C)C(=O)Nc1ccc2c(c1)OCO2. The Morgan fingerprint density at radius 3 is 2.52 bits per heavy atom. The van der Waals surface area contributed by atoms with Gasteiger partial charge in [0.1, 0.15) is 0 Å². The molecule has 3 aromatic rings. The van der Waals surface area contributed by atoms with E-state index in [-0.39, 0.29) is 37.4 Å². The van der Waals surface area contributed by atoms with Gasteiger partial charge in [-0.2, -0.15) is 0 Å². The molecule has 3 atom stereocenters. The summed E-state index contributed by atoms with van der Waals surface area (Å²) < 4.78 is 17.3. The average molecular weight is 546 g/mol. The van der Waals surface area contributed by atoms with Crippen LogP contribution >= 0.6 is 0 Å². The molecule has 5 rings (SSSR count). The number of carbonyl (C=O) groups is 2. The summed E-state index contributed by atoms with van der Waals surface area (Å²) in [6.07, 6.45) is -0.386. The molecule has 9 nitrogen and oxygen atoms in total. The Morgan fingerprint density at radius 2 is 1.75 bits per heavy atom. The molecule has 2 N–H and O–H groups in total. The number of ether oxygens (including phenoxy) is 3. The average Bonchev–Trinajstić information content (AvgIpc) is 3.44. The number of fused-ring (bicyclic) bond motifs is 4. The molecule has 0 saturated carbocycles. The molecule has 210 valence electrons. The van der Waals surface area contributed by atoms with Crippen LogP contribution in [0.1, 0.15) is 29.8 Å². The maximum atomic E-state index is 13.9. The van der Waals surface area contributed by atoms with Gasteiger partial charge in [0, 0.05) is 43.4 Å². The van der Waals surface area contributed by atoms with E-state index in [0.29, 0.717) is 42.4 Å². The summed E-state index contributed by atoms with van der Waals surface area (Å²) in [5.41, 5.74) is 3.88. The number of anilines is 1. The van der Waals surface area contributed by atoms with E-state index in [0.717, 1.165) is 16.7 Å². The van der Waals surface area contributed by atoms with Crippen molar-refractivity contribution in [1.29, 1.82) is 0 Å². The molecule has 0 radical (unpaired) electrons. The third-order valence-electron chi connectivity index (χ3n) is 7.52. The Hall–Kier alpha value is -4.08. The van der Waals surface area contributed by atoms with Crippen molar-refractivity contribution in [2.24, 2.45) is 5.92 Å². The van der Waals surface area contributed by atoms with Crippen LogP contribution in [0.25, 0.3) is 11.1 Å². The van der Waals surface area contributed by atoms with Gasteiger partial charge in [0.05, 0.1) is 25.4 Å². The Morgan fingerprint density at radius 1 is 1.05 bits per heavy atom. The number of benzene rings is 3. The summed E-state index contributed by atoms with van der Waals surface area (Å²) >= 11 is 0. The molecule has 40 heavy (non-hydrogen) atoms. The number of rotatable bonds is 5. The first-order chi connectivity index (χ1) is 19.4. The van der Waals surface area contributed by atoms with E-state index < -0.39 is 6.04 Å². The van der Waals surface area contributed by atoms with Gasteiger partial charge in [0.25, 0.3) is 5.91 Å². The van der Waals surface area contributed by atoms with Crippen molar-refractivity contribution < 1.29 is 28.9 Å². The van der Waals surface area contributed by atoms with Crippen molar-refractivity contribution in [2.75, 3.05) is 38.9 Å². The van der Waals surface area contributed by atoms with Crippen molar-refractivity contribution in [3.05, 3.63) is 77.9 Å². The number of urea groups is 1. The van der Waals surface area contributed by atoms with Crippen molar-refractivity contribution in [3.8, 4) is 22.6 Å². The maximum absolute atomic E-state index is 13.9. The van der Waals surface area contributed by atoms with E-state index in [4.69, 9.17) is 14.2 Å². The van der Waals surface area contributed by atoms with Gasteiger partial charge >= 0.3 is 6.03 Å². The first kappa shape index (κ1) is 27.5. The van der Waals surface area contributed by atoms with Crippen LogP contribution in [0, 0.1) is 5.92 Å². The molecule has 2 heterocycles. The highest BCUT2D eigenvalue weighted by molar-refractivity contribution is 6.01. The van der Waals surface area contributed by atoms with Crippen molar-refractivity contribution in [3.63, 3.8) is 0 Å². The van der Waals surface area contributed by atoms with Crippen LogP contribution in [-0.4, -0.2) is 72.5 Å². The number of likely N-dealkylation sites (N-methyl/N-ethyl adjacent to an activating group) is 1. The fourth-order valence-corrected chi connectivity index (χ4v) is 5.10. The summed E-state index contributed by atoms with van der Waals surface area (Å²) in [5, 5.41) is 12.9. The van der Waals surface area contributed by atoms with Crippen LogP contribution < -0.4 is 14.8 Å². The highest BCUT2D eigenvalue weighted by Crippen LogP contribution is 2.34. The molecule has 2 aliphatic heterocycles. The third kappa shape index (κ3) is 5.76. The largest absolute Gasteiger partial charge is 0.454 e. The molecule has 0 bridgehead atoms. The lowest BCUT2D eigenvalue weighted by molar-refractivity contribution is -0.0178. The number of aliphatic hydroxyl groups is 1. The van der Waals surface area contributed by atoms with Gasteiger partial charge in [-0.25, -0.2) is 4.79 Å². The summed E-state index contributed by atoms with van der Waals surface area (Å²) in [6, 6.07) is 20.0. The minimum atomic E-state index is -0.397. The molecule has 0 spiro atoms. The lowest BCUT2D eigenvalue weighted by atomic mass is 9.94. The second-order valence-electron chi connectivity index (χ2n) is 10.4. The Labute approximate surface area is 234 Å². The number of hydrogen-bond donors (Lipinski definition) is 2. The molecule has 0 saturated heterocycles. The summed E-state index contributed by atoms with van der Waals surface area (Å²) in [6.45, 7) is 4.80. The molecule has 0 aliphatic carbocycles. The van der Waals surface area contributed by atoms with Crippen LogP contribution in [0.2, 0.25) is 0 Å². The Kier molecular flexibility index (Phi) is 8.23. The van der Waals surface area contributed by atoms with Gasteiger partial charge in [-0.1, -0.05) is 49.4 Å². The van der Waals surface area contributed by atoms with Crippen molar-refractivity contribution >= 4 is 17.6 Å². The van der Waals surface area contributed by atoms with Crippen LogP contribution in [0.15, 0.2) is 66.7 Å².